The van der Waals surface area contributed by atoms with Crippen molar-refractivity contribution in [3.05, 3.63) is 24.4 Å². The highest BCUT2D eigenvalue weighted by Gasteiger charge is 2.05. The van der Waals surface area contributed by atoms with Gasteiger partial charge in [0.15, 0.2) is 0 Å². The van der Waals surface area contributed by atoms with Crippen molar-refractivity contribution in [3.63, 3.8) is 0 Å². The van der Waals surface area contributed by atoms with Crippen molar-refractivity contribution in [2.45, 2.75) is 6.92 Å². The van der Waals surface area contributed by atoms with Crippen LogP contribution in [-0.2, 0) is 7.05 Å². The van der Waals surface area contributed by atoms with Gasteiger partial charge in [-0.25, -0.2) is 9.67 Å². The SMILES string of the molecule is CCNc1cccc(-c2cnnn2C)n1. The molecule has 5 heteroatoms. The zero-order chi connectivity index (χ0) is 10.7. The number of hydrogen-bond donors (Lipinski definition) is 1. The van der Waals surface area contributed by atoms with Gasteiger partial charge in [0, 0.05) is 13.6 Å². The standard InChI is InChI=1S/C10H13N5/c1-3-11-10-6-4-5-8(13-10)9-7-12-14-15(9)2/h4-7H,3H2,1-2H3,(H,11,13). The maximum absolute atomic E-state index is 4.45. The fourth-order valence-corrected chi connectivity index (χ4v) is 1.38. The third kappa shape index (κ3) is 1.96. The molecule has 15 heavy (non-hydrogen) atoms. The van der Waals surface area contributed by atoms with Gasteiger partial charge in [-0.05, 0) is 19.1 Å². The summed E-state index contributed by atoms with van der Waals surface area (Å²) in [5, 5.41) is 10.9. The molecular weight excluding hydrogens is 190 g/mol. The number of hydrogen-bond acceptors (Lipinski definition) is 4. The normalized spacial score (nSPS) is 10.3. The summed E-state index contributed by atoms with van der Waals surface area (Å²) in [4.78, 5) is 4.45. The van der Waals surface area contributed by atoms with Gasteiger partial charge in [0.1, 0.15) is 11.5 Å². The molecule has 0 aliphatic heterocycles. The first-order valence-corrected chi connectivity index (χ1v) is 4.87. The fraction of sp³-hybridized carbons (Fsp3) is 0.300. The van der Waals surface area contributed by atoms with Crippen molar-refractivity contribution in [2.75, 3.05) is 11.9 Å². The highest BCUT2D eigenvalue weighted by Crippen LogP contribution is 2.16. The first-order chi connectivity index (χ1) is 7.31. The molecule has 0 aliphatic rings. The Bertz CT molecular complexity index is 449. The first kappa shape index (κ1) is 9.64. The first-order valence-electron chi connectivity index (χ1n) is 4.87. The third-order valence-corrected chi connectivity index (χ3v) is 2.08. The topological polar surface area (TPSA) is 55.6 Å². The van der Waals surface area contributed by atoms with Gasteiger partial charge >= 0.3 is 0 Å². The number of nitrogens with one attached hydrogen (secondary N) is 1. The Morgan fingerprint density at radius 3 is 2.93 bits per heavy atom. The summed E-state index contributed by atoms with van der Waals surface area (Å²) in [6.07, 6.45) is 1.71. The number of nitrogens with zero attached hydrogens (tertiary/aromatic N) is 4. The molecule has 0 atom stereocenters. The van der Waals surface area contributed by atoms with E-state index in [2.05, 4.69) is 20.6 Å². The lowest BCUT2D eigenvalue weighted by Gasteiger charge is -2.04. The number of aromatic nitrogens is 4. The van der Waals surface area contributed by atoms with Crippen LogP contribution in [0.2, 0.25) is 0 Å². The van der Waals surface area contributed by atoms with E-state index in [0.29, 0.717) is 0 Å². The summed E-state index contributed by atoms with van der Waals surface area (Å²) < 4.78 is 1.71. The van der Waals surface area contributed by atoms with Crippen molar-refractivity contribution >= 4 is 5.82 Å². The minimum Gasteiger partial charge on any atom is -0.370 e. The highest BCUT2D eigenvalue weighted by atomic mass is 15.4. The van der Waals surface area contributed by atoms with Gasteiger partial charge in [-0.1, -0.05) is 11.3 Å². The molecule has 0 unspecified atom stereocenters. The van der Waals surface area contributed by atoms with Crippen LogP contribution in [0, 0.1) is 0 Å². The summed E-state index contributed by atoms with van der Waals surface area (Å²) in [7, 11) is 1.85. The van der Waals surface area contributed by atoms with E-state index in [-0.39, 0.29) is 0 Å². The van der Waals surface area contributed by atoms with Gasteiger partial charge in [-0.2, -0.15) is 0 Å². The molecule has 0 aliphatic carbocycles. The van der Waals surface area contributed by atoms with Gasteiger partial charge in [0.05, 0.1) is 11.9 Å². The lowest BCUT2D eigenvalue weighted by molar-refractivity contribution is 0.719. The zero-order valence-electron chi connectivity index (χ0n) is 8.81. The van der Waals surface area contributed by atoms with E-state index >= 15 is 0 Å². The number of aryl methyl sites for hydroxylation is 1. The van der Waals surface area contributed by atoms with E-state index in [0.717, 1.165) is 23.8 Å². The van der Waals surface area contributed by atoms with Crippen molar-refractivity contribution in [2.24, 2.45) is 7.05 Å². The summed E-state index contributed by atoms with van der Waals surface area (Å²) in [5.41, 5.74) is 1.79. The second-order valence-corrected chi connectivity index (χ2v) is 3.18. The number of anilines is 1. The number of pyridine rings is 1. The molecule has 0 saturated heterocycles. The molecule has 0 saturated carbocycles. The fourth-order valence-electron chi connectivity index (χ4n) is 1.38. The predicted octanol–water partition coefficient (Wildman–Crippen LogP) is 1.31. The van der Waals surface area contributed by atoms with Crippen molar-refractivity contribution in [1.82, 2.24) is 20.0 Å². The van der Waals surface area contributed by atoms with Gasteiger partial charge in [-0.15, -0.1) is 5.10 Å². The lowest BCUT2D eigenvalue weighted by atomic mass is 10.3. The Morgan fingerprint density at radius 1 is 1.40 bits per heavy atom. The van der Waals surface area contributed by atoms with Crippen LogP contribution in [0.4, 0.5) is 5.82 Å². The summed E-state index contributed by atoms with van der Waals surface area (Å²) in [6, 6.07) is 5.85. The van der Waals surface area contributed by atoms with Crippen LogP contribution >= 0.6 is 0 Å². The molecule has 0 radical (unpaired) electrons. The Kier molecular flexibility index (Phi) is 2.62. The highest BCUT2D eigenvalue weighted by molar-refractivity contribution is 5.56. The second kappa shape index (κ2) is 4.08. The summed E-state index contributed by atoms with van der Waals surface area (Å²) in [5.74, 6) is 0.871. The lowest BCUT2D eigenvalue weighted by Crippen LogP contribution is -2.01. The summed E-state index contributed by atoms with van der Waals surface area (Å²) in [6.45, 7) is 2.90. The van der Waals surface area contributed by atoms with Gasteiger partial charge in [0.25, 0.3) is 0 Å². The molecule has 78 valence electrons. The average Bonchev–Trinajstić information content (AvgIpc) is 2.65. The van der Waals surface area contributed by atoms with Gasteiger partial charge < -0.3 is 5.32 Å². The molecule has 2 heterocycles. The van der Waals surface area contributed by atoms with Crippen LogP contribution in [0.1, 0.15) is 6.92 Å². The largest absolute Gasteiger partial charge is 0.370 e. The quantitative estimate of drug-likeness (QED) is 0.817. The maximum atomic E-state index is 4.45. The smallest absolute Gasteiger partial charge is 0.126 e. The van der Waals surface area contributed by atoms with Gasteiger partial charge in [0.2, 0.25) is 0 Å². The minimum atomic E-state index is 0.861. The monoisotopic (exact) mass is 203 g/mol. The van der Waals surface area contributed by atoms with Crippen LogP contribution in [0.25, 0.3) is 11.4 Å². The van der Waals surface area contributed by atoms with E-state index in [9.17, 15) is 0 Å². The van der Waals surface area contributed by atoms with Crippen molar-refractivity contribution in [3.8, 4) is 11.4 Å². The molecule has 0 aromatic carbocycles. The van der Waals surface area contributed by atoms with Crippen LogP contribution in [0.5, 0.6) is 0 Å². The van der Waals surface area contributed by atoms with E-state index in [4.69, 9.17) is 0 Å². The molecule has 0 fully saturated rings. The molecule has 2 aromatic heterocycles. The van der Waals surface area contributed by atoms with Crippen LogP contribution in [0.3, 0.4) is 0 Å². The zero-order valence-corrected chi connectivity index (χ0v) is 8.81. The van der Waals surface area contributed by atoms with Crippen molar-refractivity contribution in [1.29, 1.82) is 0 Å². The Balaban J connectivity index is 2.37. The Morgan fingerprint density at radius 2 is 2.27 bits per heavy atom. The van der Waals surface area contributed by atoms with Crippen LogP contribution in [-0.4, -0.2) is 26.5 Å². The molecule has 0 spiro atoms. The maximum Gasteiger partial charge on any atom is 0.126 e. The Hall–Kier alpha value is -1.91. The van der Waals surface area contributed by atoms with E-state index in [1.165, 1.54) is 0 Å². The van der Waals surface area contributed by atoms with E-state index in [1.54, 1.807) is 10.9 Å². The average molecular weight is 203 g/mol. The van der Waals surface area contributed by atoms with Crippen LogP contribution in [0.15, 0.2) is 24.4 Å². The molecule has 5 nitrogen and oxygen atoms in total. The molecule has 1 N–H and O–H groups in total. The van der Waals surface area contributed by atoms with Crippen molar-refractivity contribution < 1.29 is 0 Å². The molecule has 0 bridgehead atoms. The Labute approximate surface area is 88.1 Å². The molecule has 2 rings (SSSR count). The van der Waals surface area contributed by atoms with E-state index in [1.807, 2.05) is 32.2 Å². The number of rotatable bonds is 3. The minimum absolute atomic E-state index is 0.861. The molecule has 0 amide bonds. The second-order valence-electron chi connectivity index (χ2n) is 3.18. The third-order valence-electron chi connectivity index (χ3n) is 2.08. The van der Waals surface area contributed by atoms with E-state index < -0.39 is 0 Å². The molecule has 2 aromatic rings. The molecular formula is C10H13N5. The summed E-state index contributed by atoms with van der Waals surface area (Å²) >= 11 is 0. The van der Waals surface area contributed by atoms with Crippen LogP contribution < -0.4 is 5.32 Å². The predicted molar refractivity (Wildman–Crippen MR) is 58.4 cm³/mol. The van der Waals surface area contributed by atoms with Gasteiger partial charge in [-0.3, -0.25) is 0 Å².